The van der Waals surface area contributed by atoms with Crippen molar-refractivity contribution in [3.63, 3.8) is 0 Å². The van der Waals surface area contributed by atoms with E-state index in [0.717, 1.165) is 50.7 Å². The van der Waals surface area contributed by atoms with Gasteiger partial charge in [0.2, 0.25) is 5.91 Å². The SMILES string of the molecule is CC(=O)NC(CC(C)C)c1nnc2n1CCN(CC(C)(C)C)CC2. The van der Waals surface area contributed by atoms with E-state index in [1.54, 1.807) is 6.92 Å². The molecular weight excluding hydrogens is 302 g/mol. The topological polar surface area (TPSA) is 63.1 Å². The third-order valence-electron chi connectivity index (χ3n) is 4.24. The molecule has 1 atom stereocenters. The van der Waals surface area contributed by atoms with E-state index in [0.29, 0.717) is 11.3 Å². The summed E-state index contributed by atoms with van der Waals surface area (Å²) in [5.74, 6) is 2.42. The van der Waals surface area contributed by atoms with Crippen LogP contribution in [-0.2, 0) is 17.8 Å². The maximum absolute atomic E-state index is 11.6. The summed E-state index contributed by atoms with van der Waals surface area (Å²) in [6, 6.07) is -0.0575. The summed E-state index contributed by atoms with van der Waals surface area (Å²) < 4.78 is 2.23. The summed E-state index contributed by atoms with van der Waals surface area (Å²) >= 11 is 0. The van der Waals surface area contributed by atoms with E-state index >= 15 is 0 Å². The number of hydrogen-bond donors (Lipinski definition) is 1. The molecule has 2 rings (SSSR count). The standard InChI is InChI=1S/C18H33N5O/c1-13(2)11-15(19-14(3)24)17-21-20-16-7-8-22(9-10-23(16)17)12-18(4,5)6/h13,15H,7-12H2,1-6H3,(H,19,24). The Morgan fingerprint density at radius 3 is 2.50 bits per heavy atom. The van der Waals surface area contributed by atoms with E-state index < -0.39 is 0 Å². The number of carbonyl (C=O) groups is 1. The van der Waals surface area contributed by atoms with Crippen molar-refractivity contribution in [3.05, 3.63) is 11.6 Å². The van der Waals surface area contributed by atoms with Crippen molar-refractivity contribution >= 4 is 5.91 Å². The van der Waals surface area contributed by atoms with Crippen molar-refractivity contribution in [3.8, 4) is 0 Å². The lowest BCUT2D eigenvalue weighted by Crippen LogP contribution is -2.35. The van der Waals surface area contributed by atoms with Gasteiger partial charge in [-0.1, -0.05) is 34.6 Å². The number of nitrogens with one attached hydrogen (secondary N) is 1. The molecule has 1 unspecified atom stereocenters. The fraction of sp³-hybridized carbons (Fsp3) is 0.833. The molecule has 1 aliphatic rings. The average molecular weight is 335 g/mol. The van der Waals surface area contributed by atoms with Crippen LogP contribution in [0, 0.1) is 11.3 Å². The van der Waals surface area contributed by atoms with Gasteiger partial charge in [0.1, 0.15) is 5.82 Å². The fourth-order valence-corrected chi connectivity index (χ4v) is 3.42. The van der Waals surface area contributed by atoms with Crippen LogP contribution in [0.1, 0.15) is 65.7 Å². The average Bonchev–Trinajstić information content (AvgIpc) is 2.72. The molecule has 24 heavy (non-hydrogen) atoms. The van der Waals surface area contributed by atoms with Crippen molar-refractivity contribution in [2.24, 2.45) is 11.3 Å². The Bertz CT molecular complexity index is 558. The minimum Gasteiger partial charge on any atom is -0.346 e. The minimum absolute atomic E-state index is 0.0130. The summed E-state index contributed by atoms with van der Waals surface area (Å²) in [7, 11) is 0. The molecule has 6 nitrogen and oxygen atoms in total. The van der Waals surface area contributed by atoms with Crippen LogP contribution in [0.15, 0.2) is 0 Å². The van der Waals surface area contributed by atoms with Gasteiger partial charge in [0, 0.05) is 39.5 Å². The van der Waals surface area contributed by atoms with E-state index in [2.05, 4.69) is 59.6 Å². The van der Waals surface area contributed by atoms with Crippen molar-refractivity contribution in [1.82, 2.24) is 25.0 Å². The molecule has 0 aromatic carbocycles. The van der Waals surface area contributed by atoms with E-state index in [9.17, 15) is 4.79 Å². The molecule has 0 aliphatic carbocycles. The molecule has 0 saturated carbocycles. The maximum Gasteiger partial charge on any atom is 0.217 e. The first-order valence-corrected chi connectivity index (χ1v) is 9.07. The van der Waals surface area contributed by atoms with Gasteiger partial charge in [-0.3, -0.25) is 4.79 Å². The zero-order valence-corrected chi connectivity index (χ0v) is 16.1. The second kappa shape index (κ2) is 7.64. The predicted molar refractivity (Wildman–Crippen MR) is 95.6 cm³/mol. The number of fused-ring (bicyclic) bond motifs is 1. The highest BCUT2D eigenvalue weighted by molar-refractivity contribution is 5.73. The zero-order valence-electron chi connectivity index (χ0n) is 16.1. The highest BCUT2D eigenvalue weighted by atomic mass is 16.1. The molecule has 1 aliphatic heterocycles. The first-order chi connectivity index (χ1) is 11.2. The van der Waals surface area contributed by atoms with Gasteiger partial charge in [-0.25, -0.2) is 0 Å². The third kappa shape index (κ3) is 5.30. The monoisotopic (exact) mass is 335 g/mol. The quantitative estimate of drug-likeness (QED) is 0.897. The third-order valence-corrected chi connectivity index (χ3v) is 4.24. The summed E-state index contributed by atoms with van der Waals surface area (Å²) in [5.41, 5.74) is 0.296. The van der Waals surface area contributed by atoms with E-state index in [-0.39, 0.29) is 11.9 Å². The Balaban J connectivity index is 2.16. The van der Waals surface area contributed by atoms with Crippen LogP contribution in [0.25, 0.3) is 0 Å². The van der Waals surface area contributed by atoms with Gasteiger partial charge in [0.05, 0.1) is 6.04 Å². The highest BCUT2D eigenvalue weighted by Gasteiger charge is 2.26. The fourth-order valence-electron chi connectivity index (χ4n) is 3.42. The van der Waals surface area contributed by atoms with Gasteiger partial charge < -0.3 is 14.8 Å². The Kier molecular flexibility index (Phi) is 6.01. The summed E-state index contributed by atoms with van der Waals surface area (Å²) in [6.07, 6.45) is 1.79. The molecule has 1 aromatic heterocycles. The van der Waals surface area contributed by atoms with Gasteiger partial charge in [-0.05, 0) is 17.8 Å². The zero-order chi connectivity index (χ0) is 17.9. The lowest BCUT2D eigenvalue weighted by molar-refractivity contribution is -0.119. The number of aromatic nitrogens is 3. The van der Waals surface area contributed by atoms with Crippen LogP contribution in [0.5, 0.6) is 0 Å². The lowest BCUT2D eigenvalue weighted by Gasteiger charge is -2.28. The highest BCUT2D eigenvalue weighted by Crippen LogP contribution is 2.23. The minimum atomic E-state index is -0.0575. The van der Waals surface area contributed by atoms with Crippen LogP contribution in [0.3, 0.4) is 0 Å². The molecule has 2 heterocycles. The van der Waals surface area contributed by atoms with Gasteiger partial charge in [-0.2, -0.15) is 0 Å². The molecule has 1 aromatic rings. The number of carbonyl (C=O) groups excluding carboxylic acids is 1. The van der Waals surface area contributed by atoms with Crippen LogP contribution in [0.2, 0.25) is 0 Å². The van der Waals surface area contributed by atoms with Crippen LogP contribution in [-0.4, -0.2) is 45.2 Å². The Labute approximate surface area is 146 Å². The Hall–Kier alpha value is -1.43. The summed E-state index contributed by atoms with van der Waals surface area (Å²) in [5, 5.41) is 11.9. The summed E-state index contributed by atoms with van der Waals surface area (Å²) in [4.78, 5) is 14.1. The molecular formula is C18H33N5O. The molecule has 0 radical (unpaired) electrons. The Morgan fingerprint density at radius 1 is 1.21 bits per heavy atom. The van der Waals surface area contributed by atoms with Crippen LogP contribution >= 0.6 is 0 Å². The van der Waals surface area contributed by atoms with Crippen LogP contribution < -0.4 is 5.32 Å². The molecule has 0 spiro atoms. The molecule has 0 bridgehead atoms. The molecule has 6 heteroatoms. The number of rotatable bonds is 5. The predicted octanol–water partition coefficient (Wildman–Crippen LogP) is 2.41. The van der Waals surface area contributed by atoms with E-state index in [4.69, 9.17) is 0 Å². The molecule has 136 valence electrons. The second-order valence-electron chi connectivity index (χ2n) is 8.60. The van der Waals surface area contributed by atoms with Crippen molar-refractivity contribution in [2.45, 2.75) is 67.0 Å². The van der Waals surface area contributed by atoms with Gasteiger partial charge in [0.15, 0.2) is 5.82 Å². The second-order valence-corrected chi connectivity index (χ2v) is 8.60. The van der Waals surface area contributed by atoms with Crippen molar-refractivity contribution in [1.29, 1.82) is 0 Å². The van der Waals surface area contributed by atoms with Crippen molar-refractivity contribution < 1.29 is 4.79 Å². The first kappa shape index (κ1) is 18.9. The summed E-state index contributed by atoms with van der Waals surface area (Å²) in [6.45, 7) is 16.7. The van der Waals surface area contributed by atoms with Crippen molar-refractivity contribution in [2.75, 3.05) is 19.6 Å². The molecule has 0 fully saturated rings. The molecule has 1 N–H and O–H groups in total. The molecule has 1 amide bonds. The maximum atomic E-state index is 11.6. The lowest BCUT2D eigenvalue weighted by atomic mass is 9.96. The van der Waals surface area contributed by atoms with E-state index in [1.165, 1.54) is 0 Å². The normalized spacial score (nSPS) is 17.5. The van der Waals surface area contributed by atoms with Gasteiger partial charge in [0.25, 0.3) is 0 Å². The smallest absolute Gasteiger partial charge is 0.217 e. The van der Waals surface area contributed by atoms with Gasteiger partial charge in [-0.15, -0.1) is 10.2 Å². The largest absolute Gasteiger partial charge is 0.346 e. The molecule has 0 saturated heterocycles. The first-order valence-electron chi connectivity index (χ1n) is 9.07. The number of amides is 1. The van der Waals surface area contributed by atoms with E-state index in [1.807, 2.05) is 0 Å². The number of nitrogens with zero attached hydrogens (tertiary/aromatic N) is 4. The number of hydrogen-bond acceptors (Lipinski definition) is 4. The van der Waals surface area contributed by atoms with Gasteiger partial charge >= 0.3 is 0 Å². The van der Waals surface area contributed by atoms with Crippen LogP contribution in [0.4, 0.5) is 0 Å². The Morgan fingerprint density at radius 2 is 1.92 bits per heavy atom.